The van der Waals surface area contributed by atoms with Crippen LogP contribution in [0.3, 0.4) is 0 Å². The Morgan fingerprint density at radius 3 is 2.58 bits per heavy atom. The average Bonchev–Trinajstić information content (AvgIpc) is 2.95. The van der Waals surface area contributed by atoms with Gasteiger partial charge in [0.15, 0.2) is 0 Å². The Balaban J connectivity index is 2.11. The SMILES string of the molecule is [B]c1cc(OC2CCOCC2)c(-n2nnn(C)c2=O)cc1C(C)(C)CC. The molecular formula is C18H25BN4O3. The van der Waals surface area contributed by atoms with E-state index in [4.69, 9.17) is 17.3 Å². The van der Waals surface area contributed by atoms with E-state index in [1.807, 2.05) is 6.07 Å². The van der Waals surface area contributed by atoms with Crippen molar-refractivity contribution in [3.05, 3.63) is 28.2 Å². The lowest BCUT2D eigenvalue weighted by atomic mass is 9.74. The summed E-state index contributed by atoms with van der Waals surface area (Å²) in [4.78, 5) is 12.4. The molecule has 0 N–H and O–H groups in total. The molecule has 1 aliphatic heterocycles. The Bertz CT molecular complexity index is 837. The Kier molecular flexibility index (Phi) is 5.23. The zero-order valence-corrected chi connectivity index (χ0v) is 15.9. The topological polar surface area (TPSA) is 71.2 Å². The number of ether oxygens (including phenoxy) is 2. The van der Waals surface area contributed by atoms with Crippen LogP contribution in [0.15, 0.2) is 16.9 Å². The van der Waals surface area contributed by atoms with E-state index in [9.17, 15) is 4.79 Å². The van der Waals surface area contributed by atoms with Crippen molar-refractivity contribution in [2.75, 3.05) is 13.2 Å². The van der Waals surface area contributed by atoms with Gasteiger partial charge in [-0.25, -0.2) is 4.79 Å². The summed E-state index contributed by atoms with van der Waals surface area (Å²) >= 11 is 0. The fourth-order valence-electron chi connectivity index (χ4n) is 3.06. The van der Waals surface area contributed by atoms with Crippen molar-refractivity contribution in [3.8, 4) is 11.4 Å². The predicted octanol–water partition coefficient (Wildman–Crippen LogP) is 1.01. The van der Waals surface area contributed by atoms with Gasteiger partial charge in [0, 0.05) is 19.9 Å². The maximum atomic E-state index is 12.4. The molecule has 7 nitrogen and oxygen atoms in total. The molecule has 8 heteroatoms. The first-order valence-corrected chi connectivity index (χ1v) is 9.01. The molecule has 1 aliphatic rings. The van der Waals surface area contributed by atoms with Gasteiger partial charge in [-0.1, -0.05) is 26.2 Å². The molecular weight excluding hydrogens is 331 g/mol. The quantitative estimate of drug-likeness (QED) is 0.748. The average molecular weight is 356 g/mol. The van der Waals surface area contributed by atoms with Gasteiger partial charge >= 0.3 is 5.69 Å². The van der Waals surface area contributed by atoms with Crippen molar-refractivity contribution in [2.45, 2.75) is 51.6 Å². The summed E-state index contributed by atoms with van der Waals surface area (Å²) in [6, 6.07) is 3.71. The highest BCUT2D eigenvalue weighted by atomic mass is 16.5. The first-order valence-electron chi connectivity index (χ1n) is 9.01. The van der Waals surface area contributed by atoms with Gasteiger partial charge in [0.05, 0.1) is 13.2 Å². The Morgan fingerprint density at radius 2 is 2.00 bits per heavy atom. The van der Waals surface area contributed by atoms with E-state index >= 15 is 0 Å². The highest BCUT2D eigenvalue weighted by Gasteiger charge is 2.25. The van der Waals surface area contributed by atoms with Crippen LogP contribution in [0.25, 0.3) is 5.69 Å². The summed E-state index contributed by atoms with van der Waals surface area (Å²) in [7, 11) is 7.91. The van der Waals surface area contributed by atoms with Crippen molar-refractivity contribution in [3.63, 3.8) is 0 Å². The number of aromatic nitrogens is 4. The lowest BCUT2D eigenvalue weighted by Crippen LogP contribution is -2.31. The van der Waals surface area contributed by atoms with Crippen LogP contribution < -0.4 is 15.9 Å². The molecule has 0 amide bonds. The number of hydrogen-bond donors (Lipinski definition) is 0. The van der Waals surface area contributed by atoms with Crippen LogP contribution in [-0.2, 0) is 17.2 Å². The van der Waals surface area contributed by atoms with Gasteiger partial charge in [0.25, 0.3) is 0 Å². The van der Waals surface area contributed by atoms with E-state index in [-0.39, 0.29) is 17.2 Å². The largest absolute Gasteiger partial charge is 0.488 e. The maximum absolute atomic E-state index is 12.4. The lowest BCUT2D eigenvalue weighted by Gasteiger charge is -2.29. The van der Waals surface area contributed by atoms with Crippen molar-refractivity contribution < 1.29 is 9.47 Å². The summed E-state index contributed by atoms with van der Waals surface area (Å²) in [5.74, 6) is 0.549. The third-order valence-electron chi connectivity index (χ3n) is 5.16. The van der Waals surface area contributed by atoms with Crippen molar-refractivity contribution >= 4 is 13.3 Å². The summed E-state index contributed by atoms with van der Waals surface area (Å²) in [6.45, 7) is 7.70. The van der Waals surface area contributed by atoms with Crippen LogP contribution in [0.5, 0.6) is 5.75 Å². The smallest absolute Gasteiger partial charge is 0.368 e. The molecule has 2 radical (unpaired) electrons. The van der Waals surface area contributed by atoms with Crippen LogP contribution in [-0.4, -0.2) is 47.0 Å². The fourth-order valence-corrected chi connectivity index (χ4v) is 3.06. The van der Waals surface area contributed by atoms with Gasteiger partial charge in [0.2, 0.25) is 0 Å². The zero-order chi connectivity index (χ0) is 18.9. The molecule has 0 bridgehead atoms. The molecule has 0 atom stereocenters. The van der Waals surface area contributed by atoms with E-state index in [2.05, 4.69) is 31.2 Å². The lowest BCUT2D eigenvalue weighted by molar-refractivity contribution is 0.0255. The molecule has 1 fully saturated rings. The van der Waals surface area contributed by atoms with Gasteiger partial charge in [-0.15, -0.1) is 0 Å². The Hall–Kier alpha value is -2.09. The standard InChI is InChI=1S/C18H25BN4O3/c1-5-18(2,3)13-10-15(23-17(24)22(4)20-21-23)16(11-14(13)19)26-12-6-8-25-9-7-12/h10-12H,5-9H2,1-4H3. The Morgan fingerprint density at radius 1 is 1.31 bits per heavy atom. The van der Waals surface area contributed by atoms with Gasteiger partial charge < -0.3 is 9.47 Å². The summed E-state index contributed by atoms with van der Waals surface area (Å²) in [6.07, 6.45) is 2.54. The molecule has 3 rings (SSSR count). The second-order valence-electron chi connectivity index (χ2n) is 7.37. The molecule has 0 unspecified atom stereocenters. The minimum absolute atomic E-state index is 0.0271. The molecule has 1 aromatic heterocycles. The second kappa shape index (κ2) is 7.27. The highest BCUT2D eigenvalue weighted by Crippen LogP contribution is 2.31. The van der Waals surface area contributed by atoms with Gasteiger partial charge in [-0.05, 0) is 40.0 Å². The molecule has 0 aliphatic carbocycles. The summed E-state index contributed by atoms with van der Waals surface area (Å²) in [5, 5.41) is 7.81. The van der Waals surface area contributed by atoms with E-state index in [0.29, 0.717) is 30.1 Å². The van der Waals surface area contributed by atoms with Crippen molar-refractivity contribution in [2.24, 2.45) is 7.05 Å². The van der Waals surface area contributed by atoms with Crippen LogP contribution in [0.1, 0.15) is 45.6 Å². The first-order chi connectivity index (χ1) is 12.3. The molecule has 0 saturated carbocycles. The monoisotopic (exact) mass is 356 g/mol. The van der Waals surface area contributed by atoms with Crippen LogP contribution in [0.2, 0.25) is 0 Å². The highest BCUT2D eigenvalue weighted by molar-refractivity contribution is 6.33. The molecule has 2 aromatic rings. The van der Waals surface area contributed by atoms with Crippen LogP contribution in [0.4, 0.5) is 0 Å². The number of benzene rings is 1. The number of tetrazole rings is 1. The van der Waals surface area contributed by atoms with Crippen LogP contribution in [0, 0.1) is 0 Å². The van der Waals surface area contributed by atoms with Gasteiger partial charge in [0.1, 0.15) is 25.4 Å². The summed E-state index contributed by atoms with van der Waals surface area (Å²) in [5.41, 5.74) is 1.72. The number of aryl methyl sites for hydroxylation is 1. The van der Waals surface area contributed by atoms with Crippen LogP contribution >= 0.6 is 0 Å². The second-order valence-corrected chi connectivity index (χ2v) is 7.37. The minimum atomic E-state index is -0.327. The predicted molar refractivity (Wildman–Crippen MR) is 99.8 cm³/mol. The molecule has 26 heavy (non-hydrogen) atoms. The molecule has 1 saturated heterocycles. The van der Waals surface area contributed by atoms with E-state index in [1.165, 1.54) is 9.36 Å². The molecule has 138 valence electrons. The summed E-state index contributed by atoms with van der Waals surface area (Å²) < 4.78 is 14.0. The number of nitrogens with zero attached hydrogens (tertiary/aromatic N) is 4. The number of hydrogen-bond acceptors (Lipinski definition) is 5. The van der Waals surface area contributed by atoms with E-state index in [1.54, 1.807) is 13.1 Å². The van der Waals surface area contributed by atoms with Crippen molar-refractivity contribution in [1.29, 1.82) is 0 Å². The van der Waals surface area contributed by atoms with E-state index < -0.39 is 0 Å². The van der Waals surface area contributed by atoms with Crippen molar-refractivity contribution in [1.82, 2.24) is 19.8 Å². The Labute approximate surface area is 154 Å². The fraction of sp³-hybridized carbons (Fsp3) is 0.611. The third-order valence-corrected chi connectivity index (χ3v) is 5.16. The minimum Gasteiger partial charge on any atom is -0.488 e. The third kappa shape index (κ3) is 3.56. The van der Waals surface area contributed by atoms with Gasteiger partial charge in [-0.2, -0.15) is 9.36 Å². The number of rotatable bonds is 5. The molecule has 1 aromatic carbocycles. The zero-order valence-electron chi connectivity index (χ0n) is 15.9. The maximum Gasteiger partial charge on any atom is 0.368 e. The first kappa shape index (κ1) is 18.7. The normalized spacial score (nSPS) is 16.0. The van der Waals surface area contributed by atoms with Gasteiger partial charge in [-0.3, -0.25) is 0 Å². The molecule has 2 heterocycles. The van der Waals surface area contributed by atoms with E-state index in [0.717, 1.165) is 24.8 Å². The molecule has 0 spiro atoms.